The number of tetrazole rings is 1. The molecule has 1 aliphatic rings. The van der Waals surface area contributed by atoms with Crippen molar-refractivity contribution in [2.45, 2.75) is 39.5 Å². The van der Waals surface area contributed by atoms with Crippen molar-refractivity contribution in [1.29, 1.82) is 0 Å². The van der Waals surface area contributed by atoms with E-state index in [9.17, 15) is 18.9 Å². The lowest BCUT2D eigenvalue weighted by Gasteiger charge is -2.31. The molecule has 0 aliphatic carbocycles. The Kier molecular flexibility index (Phi) is 6.53. The summed E-state index contributed by atoms with van der Waals surface area (Å²) >= 11 is 6.09. The van der Waals surface area contributed by atoms with Gasteiger partial charge in [-0.2, -0.15) is 0 Å². The Morgan fingerprint density at radius 1 is 1.40 bits per heavy atom. The van der Waals surface area contributed by atoms with Gasteiger partial charge in [0.05, 0.1) is 17.3 Å². The first-order chi connectivity index (χ1) is 14.1. The van der Waals surface area contributed by atoms with Crippen LogP contribution in [-0.4, -0.2) is 70.0 Å². The molecule has 1 unspecified atom stereocenters. The summed E-state index contributed by atoms with van der Waals surface area (Å²) < 4.78 is 13.5. The molecule has 0 radical (unpaired) electrons. The lowest BCUT2D eigenvalue weighted by Crippen LogP contribution is -2.52. The van der Waals surface area contributed by atoms with Gasteiger partial charge in [0.25, 0.3) is 5.91 Å². The minimum absolute atomic E-state index is 0.0177. The number of aliphatic hydroxyl groups excluding tert-OH is 1. The second-order valence-corrected chi connectivity index (χ2v) is 9.98. The highest BCUT2D eigenvalue weighted by atomic mass is 35.5. The number of nitrogens with one attached hydrogen (secondary N) is 1. The maximum absolute atomic E-state index is 12.8. The van der Waals surface area contributed by atoms with Crippen molar-refractivity contribution in [2.75, 3.05) is 11.6 Å². The van der Waals surface area contributed by atoms with Gasteiger partial charge < -0.3 is 15.3 Å². The Balaban J connectivity index is 1.75. The third-order valence-electron chi connectivity index (χ3n) is 4.73. The van der Waals surface area contributed by atoms with Gasteiger partial charge in [-0.05, 0) is 39.6 Å². The number of amides is 2. The minimum Gasteiger partial charge on any atom is -0.383 e. The van der Waals surface area contributed by atoms with Crippen molar-refractivity contribution >= 4 is 34.2 Å². The van der Waals surface area contributed by atoms with Crippen LogP contribution < -0.4 is 5.32 Å². The summed E-state index contributed by atoms with van der Waals surface area (Å²) in [7, 11) is -1.37. The quantitative estimate of drug-likeness (QED) is 0.662. The molecule has 2 amide bonds. The first-order valence-electron chi connectivity index (χ1n) is 9.21. The molecule has 2 heterocycles. The molecule has 10 nitrogen and oxygen atoms in total. The largest absolute Gasteiger partial charge is 0.383 e. The Morgan fingerprint density at radius 3 is 2.77 bits per heavy atom. The van der Waals surface area contributed by atoms with Gasteiger partial charge >= 0.3 is 0 Å². The predicted octanol–water partition coefficient (Wildman–Crippen LogP) is 0.256. The number of nitrogens with zero attached hydrogens (tertiary/aromatic N) is 5. The van der Waals surface area contributed by atoms with E-state index < -0.39 is 40.2 Å². The molecular formula is C18H23ClN6O4S. The molecule has 3 rings (SSSR count). The van der Waals surface area contributed by atoms with Crippen molar-refractivity contribution in [3.05, 3.63) is 35.1 Å². The number of carbonyl (C=O) groups excluding carboxylic acids is 2. The van der Waals surface area contributed by atoms with Gasteiger partial charge in [-0.15, -0.1) is 5.10 Å². The average molecular weight is 455 g/mol. The summed E-state index contributed by atoms with van der Waals surface area (Å²) in [6.45, 7) is 5.26. The molecule has 2 aromatic rings. The molecule has 0 bridgehead atoms. The van der Waals surface area contributed by atoms with Crippen molar-refractivity contribution in [3.8, 4) is 5.69 Å². The number of hydrogen-bond acceptors (Lipinski definition) is 7. The molecule has 12 heteroatoms. The lowest BCUT2D eigenvalue weighted by molar-refractivity contribution is -0.149. The van der Waals surface area contributed by atoms with E-state index in [4.69, 9.17) is 11.6 Å². The van der Waals surface area contributed by atoms with Crippen LogP contribution in [0, 0.1) is 5.41 Å². The van der Waals surface area contributed by atoms with Crippen LogP contribution >= 0.6 is 11.6 Å². The number of benzene rings is 1. The van der Waals surface area contributed by atoms with E-state index in [0.717, 1.165) is 0 Å². The minimum atomic E-state index is -1.37. The van der Waals surface area contributed by atoms with Crippen LogP contribution in [0.4, 0.5) is 0 Å². The van der Waals surface area contributed by atoms with Crippen molar-refractivity contribution in [2.24, 2.45) is 5.41 Å². The monoisotopic (exact) mass is 454 g/mol. The van der Waals surface area contributed by atoms with Gasteiger partial charge in [-0.3, -0.25) is 13.8 Å². The number of hydrogen-bond donors (Lipinski definition) is 2. The molecule has 1 saturated heterocycles. The first-order valence-corrected chi connectivity index (χ1v) is 11.1. The van der Waals surface area contributed by atoms with E-state index in [2.05, 4.69) is 20.8 Å². The zero-order valence-electron chi connectivity index (χ0n) is 16.8. The Bertz CT molecular complexity index is 962. The van der Waals surface area contributed by atoms with Crippen LogP contribution in [0.5, 0.6) is 0 Å². The number of halogens is 1. The fourth-order valence-corrected chi connectivity index (χ4v) is 4.62. The normalized spacial score (nSPS) is 20.2. The van der Waals surface area contributed by atoms with E-state index in [0.29, 0.717) is 16.3 Å². The predicted molar refractivity (Wildman–Crippen MR) is 110 cm³/mol. The zero-order valence-corrected chi connectivity index (χ0v) is 18.4. The fraction of sp³-hybridized carbons (Fsp3) is 0.500. The zero-order chi connectivity index (χ0) is 22.1. The van der Waals surface area contributed by atoms with Crippen LogP contribution in [0.25, 0.3) is 5.69 Å². The molecule has 2 N–H and O–H groups in total. The SMILES string of the molecule is CC(C)(C)[C@@H](O)C(=O)N1CS(=O)C[C@H]1C(=O)NCc1cc(Cl)ccc1-n1cnnn1. The van der Waals surface area contributed by atoms with Crippen LogP contribution in [0.15, 0.2) is 24.5 Å². The molecule has 1 fully saturated rings. The highest BCUT2D eigenvalue weighted by molar-refractivity contribution is 7.85. The molecular weight excluding hydrogens is 432 g/mol. The number of aliphatic hydroxyl groups is 1. The highest BCUT2D eigenvalue weighted by Crippen LogP contribution is 2.24. The van der Waals surface area contributed by atoms with Gasteiger partial charge in [0.15, 0.2) is 0 Å². The second-order valence-electron chi connectivity index (χ2n) is 8.07. The van der Waals surface area contributed by atoms with Crippen molar-refractivity contribution in [3.63, 3.8) is 0 Å². The Hall–Kier alpha value is -2.37. The number of rotatable bonds is 5. The summed E-state index contributed by atoms with van der Waals surface area (Å²) in [4.78, 5) is 26.7. The van der Waals surface area contributed by atoms with Crippen LogP contribution in [0.2, 0.25) is 5.02 Å². The summed E-state index contributed by atoms with van der Waals surface area (Å²) in [6, 6.07) is 4.15. The summed E-state index contributed by atoms with van der Waals surface area (Å²) in [6.07, 6.45) is 0.116. The molecule has 0 spiro atoms. The summed E-state index contributed by atoms with van der Waals surface area (Å²) in [5, 5.41) is 24.6. The van der Waals surface area contributed by atoms with E-state index in [-0.39, 0.29) is 18.2 Å². The second kappa shape index (κ2) is 8.78. The lowest BCUT2D eigenvalue weighted by atomic mass is 9.88. The van der Waals surface area contributed by atoms with Gasteiger partial charge in [0.2, 0.25) is 5.91 Å². The van der Waals surface area contributed by atoms with Gasteiger partial charge in [0.1, 0.15) is 18.5 Å². The van der Waals surface area contributed by atoms with E-state index in [1.807, 2.05) is 0 Å². The summed E-state index contributed by atoms with van der Waals surface area (Å²) in [5.41, 5.74) is 0.592. The Morgan fingerprint density at radius 2 is 2.13 bits per heavy atom. The molecule has 1 aromatic heterocycles. The standard InChI is InChI=1S/C18H23ClN6O4S/c1-18(2,3)15(26)17(28)24-10-30(29)8-14(24)16(27)20-7-11-6-12(19)4-5-13(11)25-9-21-22-23-25/h4-6,9,14-15,26H,7-8,10H2,1-3H3,(H,20,27)/t14-,15-,30?/m0/s1. The van der Waals surface area contributed by atoms with Crippen LogP contribution in [0.3, 0.4) is 0 Å². The molecule has 30 heavy (non-hydrogen) atoms. The third-order valence-corrected chi connectivity index (χ3v) is 6.22. The topological polar surface area (TPSA) is 130 Å². The average Bonchev–Trinajstić information content (AvgIpc) is 3.34. The third kappa shape index (κ3) is 4.85. The number of aromatic nitrogens is 4. The molecule has 1 aromatic carbocycles. The maximum atomic E-state index is 12.8. The van der Waals surface area contributed by atoms with Crippen LogP contribution in [-0.2, 0) is 26.9 Å². The summed E-state index contributed by atoms with van der Waals surface area (Å²) in [5.74, 6) is -1.13. The number of carbonyl (C=O) groups is 2. The Labute approximate surface area is 181 Å². The van der Waals surface area contributed by atoms with Gasteiger partial charge in [0, 0.05) is 22.4 Å². The van der Waals surface area contributed by atoms with Crippen LogP contribution in [0.1, 0.15) is 26.3 Å². The molecule has 3 atom stereocenters. The maximum Gasteiger partial charge on any atom is 0.253 e. The fourth-order valence-electron chi connectivity index (χ4n) is 3.02. The van der Waals surface area contributed by atoms with E-state index in [1.54, 1.807) is 39.0 Å². The van der Waals surface area contributed by atoms with E-state index >= 15 is 0 Å². The highest BCUT2D eigenvalue weighted by Gasteiger charge is 2.42. The first kappa shape index (κ1) is 22.3. The smallest absolute Gasteiger partial charge is 0.253 e. The van der Waals surface area contributed by atoms with Crippen molar-refractivity contribution < 1.29 is 18.9 Å². The van der Waals surface area contributed by atoms with E-state index in [1.165, 1.54) is 15.9 Å². The van der Waals surface area contributed by atoms with Gasteiger partial charge in [-0.25, -0.2) is 4.68 Å². The molecule has 162 valence electrons. The van der Waals surface area contributed by atoms with Gasteiger partial charge in [-0.1, -0.05) is 32.4 Å². The van der Waals surface area contributed by atoms with Crippen molar-refractivity contribution in [1.82, 2.24) is 30.4 Å². The molecule has 1 aliphatic heterocycles. The molecule has 0 saturated carbocycles.